The van der Waals surface area contributed by atoms with Gasteiger partial charge < -0.3 is 4.74 Å². The van der Waals surface area contributed by atoms with Crippen molar-refractivity contribution in [3.63, 3.8) is 0 Å². The minimum atomic E-state index is -0.458. The van der Waals surface area contributed by atoms with Gasteiger partial charge in [0, 0.05) is 7.11 Å². The Morgan fingerprint density at radius 3 is 1.86 bits per heavy atom. The highest BCUT2D eigenvalue weighted by Crippen LogP contribution is 1.65. The Morgan fingerprint density at radius 1 is 1.43 bits per heavy atom. The van der Waals surface area contributed by atoms with E-state index in [-0.39, 0.29) is 0 Å². The molecule has 0 amide bonds. The molecule has 0 aromatic heterocycles. The first kappa shape index (κ1) is 6.80. The standard InChI is InChI=1S/C2H10N4O/c1-7-2(5-3)6-4/h2,5-6H,3-4H2,1H3. The molecule has 0 aromatic carbocycles. The summed E-state index contributed by atoms with van der Waals surface area (Å²) in [4.78, 5) is 0. The second-order valence-electron chi connectivity index (χ2n) is 0.949. The number of nitrogens with one attached hydrogen (secondary N) is 2. The molecule has 0 aromatic rings. The summed E-state index contributed by atoms with van der Waals surface area (Å²) in [6, 6.07) is 0. The van der Waals surface area contributed by atoms with Crippen LogP contribution in [0.5, 0.6) is 0 Å². The summed E-state index contributed by atoms with van der Waals surface area (Å²) < 4.78 is 4.58. The minimum Gasteiger partial charge on any atom is -0.351 e. The van der Waals surface area contributed by atoms with E-state index in [1.165, 1.54) is 7.11 Å². The Morgan fingerprint density at radius 2 is 1.86 bits per heavy atom. The molecule has 7 heavy (non-hydrogen) atoms. The number of nitrogens with two attached hydrogens (primary N) is 2. The summed E-state index contributed by atoms with van der Waals surface area (Å²) in [5.41, 5.74) is 4.49. The molecule has 0 unspecified atom stereocenters. The molecule has 0 heterocycles. The average molecular weight is 106 g/mol. The molecule has 0 saturated carbocycles. The molecule has 0 aliphatic rings. The van der Waals surface area contributed by atoms with E-state index in [1.807, 2.05) is 0 Å². The fourth-order valence-corrected chi connectivity index (χ4v) is 0.184. The van der Waals surface area contributed by atoms with Gasteiger partial charge in [-0.25, -0.2) is 10.9 Å². The first-order valence-corrected chi connectivity index (χ1v) is 1.80. The van der Waals surface area contributed by atoms with Crippen LogP contribution in [-0.2, 0) is 4.74 Å². The van der Waals surface area contributed by atoms with Crippen LogP contribution >= 0.6 is 0 Å². The van der Waals surface area contributed by atoms with Crippen molar-refractivity contribution in [2.24, 2.45) is 11.7 Å². The summed E-state index contributed by atoms with van der Waals surface area (Å²) in [6.07, 6.45) is -0.458. The lowest BCUT2D eigenvalue weighted by molar-refractivity contribution is 0.0464. The van der Waals surface area contributed by atoms with Crippen molar-refractivity contribution < 1.29 is 4.74 Å². The normalized spacial score (nSPS) is 10.3. The summed E-state index contributed by atoms with van der Waals surface area (Å²) in [7, 11) is 1.48. The van der Waals surface area contributed by atoms with Crippen molar-refractivity contribution in [2.75, 3.05) is 7.11 Å². The average Bonchev–Trinajstić information content (AvgIpc) is 1.72. The highest BCUT2D eigenvalue weighted by molar-refractivity contribution is 4.32. The van der Waals surface area contributed by atoms with Gasteiger partial charge in [-0.15, -0.1) is 0 Å². The Bertz CT molecular complexity index is 31.2. The SMILES string of the molecule is COC(NN)NN. The van der Waals surface area contributed by atoms with Crippen molar-refractivity contribution >= 4 is 0 Å². The predicted molar refractivity (Wildman–Crippen MR) is 25.4 cm³/mol. The van der Waals surface area contributed by atoms with Crippen LogP contribution in [0, 0.1) is 0 Å². The highest BCUT2D eigenvalue weighted by Gasteiger charge is 1.94. The van der Waals surface area contributed by atoms with Crippen molar-refractivity contribution in [1.29, 1.82) is 0 Å². The molecular weight excluding hydrogens is 96.0 g/mol. The van der Waals surface area contributed by atoms with Crippen LogP contribution in [0.3, 0.4) is 0 Å². The minimum absolute atomic E-state index is 0.458. The van der Waals surface area contributed by atoms with Gasteiger partial charge in [0.2, 0.25) is 0 Å². The molecule has 0 rings (SSSR count). The van der Waals surface area contributed by atoms with E-state index in [0.717, 1.165) is 0 Å². The maximum atomic E-state index is 4.88. The first-order valence-electron chi connectivity index (χ1n) is 1.80. The van der Waals surface area contributed by atoms with Gasteiger partial charge in [0.1, 0.15) is 0 Å². The first-order chi connectivity index (χ1) is 3.35. The number of hydrogen-bond acceptors (Lipinski definition) is 5. The van der Waals surface area contributed by atoms with Gasteiger partial charge in [-0.2, -0.15) is 0 Å². The van der Waals surface area contributed by atoms with E-state index in [9.17, 15) is 0 Å². The van der Waals surface area contributed by atoms with Crippen LogP contribution in [0.1, 0.15) is 0 Å². The largest absolute Gasteiger partial charge is 0.351 e. The van der Waals surface area contributed by atoms with E-state index in [4.69, 9.17) is 11.7 Å². The number of methoxy groups -OCH3 is 1. The number of rotatable bonds is 3. The zero-order valence-electron chi connectivity index (χ0n) is 4.14. The fourth-order valence-electron chi connectivity index (χ4n) is 0.184. The van der Waals surface area contributed by atoms with E-state index < -0.39 is 6.35 Å². The van der Waals surface area contributed by atoms with Crippen molar-refractivity contribution in [3.05, 3.63) is 0 Å². The molecule has 0 bridgehead atoms. The van der Waals surface area contributed by atoms with E-state index in [1.54, 1.807) is 0 Å². The predicted octanol–water partition coefficient (Wildman–Crippen LogP) is -2.16. The maximum Gasteiger partial charge on any atom is 0.187 e. The van der Waals surface area contributed by atoms with Gasteiger partial charge in [-0.3, -0.25) is 11.7 Å². The lowest BCUT2D eigenvalue weighted by Crippen LogP contribution is -2.50. The van der Waals surface area contributed by atoms with Crippen LogP contribution in [0.25, 0.3) is 0 Å². The molecular formula is C2H10N4O. The highest BCUT2D eigenvalue weighted by atomic mass is 16.5. The Kier molecular flexibility index (Phi) is 3.86. The summed E-state index contributed by atoms with van der Waals surface area (Å²) >= 11 is 0. The second kappa shape index (κ2) is 3.97. The fraction of sp³-hybridized carbons (Fsp3) is 1.00. The summed E-state index contributed by atoms with van der Waals surface area (Å²) in [5.74, 6) is 9.75. The molecule has 0 aliphatic heterocycles. The van der Waals surface area contributed by atoms with Crippen LogP contribution in [-0.4, -0.2) is 13.5 Å². The number of hydrazine groups is 2. The van der Waals surface area contributed by atoms with E-state index >= 15 is 0 Å². The third kappa shape index (κ3) is 2.49. The molecule has 5 nitrogen and oxygen atoms in total. The second-order valence-corrected chi connectivity index (χ2v) is 0.949. The summed E-state index contributed by atoms with van der Waals surface area (Å²) in [6.45, 7) is 0. The van der Waals surface area contributed by atoms with Gasteiger partial charge >= 0.3 is 0 Å². The molecule has 6 N–H and O–H groups in total. The van der Waals surface area contributed by atoms with Crippen LogP contribution in [0.4, 0.5) is 0 Å². The molecule has 0 radical (unpaired) electrons. The topological polar surface area (TPSA) is 85.3 Å². The smallest absolute Gasteiger partial charge is 0.187 e. The zero-order chi connectivity index (χ0) is 5.70. The Hall–Kier alpha value is -0.200. The van der Waals surface area contributed by atoms with Gasteiger partial charge in [0.15, 0.2) is 6.35 Å². The van der Waals surface area contributed by atoms with Crippen LogP contribution in [0.15, 0.2) is 0 Å². The Labute approximate surface area is 41.9 Å². The molecule has 0 saturated heterocycles. The molecule has 0 spiro atoms. The maximum absolute atomic E-state index is 4.88. The number of ether oxygens (including phenoxy) is 1. The van der Waals surface area contributed by atoms with E-state index in [2.05, 4.69) is 15.6 Å². The third-order valence-electron chi connectivity index (χ3n) is 0.538. The van der Waals surface area contributed by atoms with Gasteiger partial charge in [-0.05, 0) is 0 Å². The quantitative estimate of drug-likeness (QED) is 0.187. The monoisotopic (exact) mass is 106 g/mol. The zero-order valence-corrected chi connectivity index (χ0v) is 4.14. The Balaban J connectivity index is 2.99. The molecule has 0 aliphatic carbocycles. The van der Waals surface area contributed by atoms with Gasteiger partial charge in [0.25, 0.3) is 0 Å². The van der Waals surface area contributed by atoms with Crippen LogP contribution in [0.2, 0.25) is 0 Å². The number of hydrogen-bond donors (Lipinski definition) is 4. The van der Waals surface area contributed by atoms with Gasteiger partial charge in [0.05, 0.1) is 0 Å². The molecule has 44 valence electrons. The lowest BCUT2D eigenvalue weighted by atomic mass is 11.0. The van der Waals surface area contributed by atoms with Crippen molar-refractivity contribution in [3.8, 4) is 0 Å². The molecule has 0 fully saturated rings. The third-order valence-corrected chi connectivity index (χ3v) is 0.538. The van der Waals surface area contributed by atoms with Crippen LogP contribution < -0.4 is 22.5 Å². The molecule has 0 atom stereocenters. The lowest BCUT2D eigenvalue weighted by Gasteiger charge is -2.10. The van der Waals surface area contributed by atoms with Crippen molar-refractivity contribution in [1.82, 2.24) is 10.9 Å². The molecule has 5 heteroatoms. The summed E-state index contributed by atoms with van der Waals surface area (Å²) in [5, 5.41) is 0. The van der Waals surface area contributed by atoms with Gasteiger partial charge in [-0.1, -0.05) is 0 Å². The van der Waals surface area contributed by atoms with E-state index in [0.29, 0.717) is 0 Å². The van der Waals surface area contributed by atoms with Crippen molar-refractivity contribution in [2.45, 2.75) is 6.35 Å².